The quantitative estimate of drug-likeness (QED) is 0.532. The highest BCUT2D eigenvalue weighted by Gasteiger charge is 2.26. The largest absolute Gasteiger partial charge is 0.412 e. The molecule has 1 aliphatic rings. The molecule has 0 radical (unpaired) electrons. The van der Waals surface area contributed by atoms with Crippen molar-refractivity contribution in [2.45, 2.75) is 66.6 Å². The van der Waals surface area contributed by atoms with Gasteiger partial charge in [0, 0.05) is 26.9 Å². The minimum Gasteiger partial charge on any atom is -0.412 e. The van der Waals surface area contributed by atoms with Gasteiger partial charge in [0.15, 0.2) is 0 Å². The van der Waals surface area contributed by atoms with Crippen LogP contribution in [0.25, 0.3) is 0 Å². The van der Waals surface area contributed by atoms with E-state index in [9.17, 15) is 0 Å². The lowest BCUT2D eigenvalue weighted by Gasteiger charge is -2.33. The maximum absolute atomic E-state index is 5.37. The summed E-state index contributed by atoms with van der Waals surface area (Å²) in [5.41, 5.74) is 3.26. The van der Waals surface area contributed by atoms with Crippen LogP contribution in [0.2, 0.25) is 0 Å². The minimum absolute atomic E-state index is 0.163. The van der Waals surface area contributed by atoms with Gasteiger partial charge in [-0.25, -0.2) is 0 Å². The Labute approximate surface area is 130 Å². The predicted octanol–water partition coefficient (Wildman–Crippen LogP) is 5.07. The van der Waals surface area contributed by atoms with Crippen molar-refractivity contribution in [3.8, 4) is 12.0 Å². The lowest BCUT2D eigenvalue weighted by Crippen LogP contribution is -2.24. The average molecular weight is 290 g/mol. The van der Waals surface area contributed by atoms with E-state index in [0.29, 0.717) is 0 Å². The second-order valence-electron chi connectivity index (χ2n) is 7.03. The lowest BCUT2D eigenvalue weighted by atomic mass is 9.72. The van der Waals surface area contributed by atoms with Crippen LogP contribution < -0.4 is 0 Å². The van der Waals surface area contributed by atoms with E-state index in [1.807, 2.05) is 13.8 Å². The highest BCUT2D eigenvalue weighted by Crippen LogP contribution is 2.40. The van der Waals surface area contributed by atoms with Crippen LogP contribution in [0.4, 0.5) is 0 Å². The number of ether oxygens (including phenoxy) is 2. The van der Waals surface area contributed by atoms with Gasteiger partial charge in [-0.15, -0.1) is 0 Å². The zero-order chi connectivity index (χ0) is 16.1. The summed E-state index contributed by atoms with van der Waals surface area (Å²) in [5, 5.41) is 0. The summed E-state index contributed by atoms with van der Waals surface area (Å²) in [4.78, 5) is 0. The molecule has 21 heavy (non-hydrogen) atoms. The molecule has 0 amide bonds. The molecule has 2 nitrogen and oxygen atoms in total. The summed E-state index contributed by atoms with van der Waals surface area (Å²) in [6, 6.07) is 0. The van der Waals surface area contributed by atoms with Gasteiger partial charge in [-0.3, -0.25) is 0 Å². The van der Waals surface area contributed by atoms with E-state index in [0.717, 1.165) is 0 Å². The Balaban J connectivity index is 2.70. The van der Waals surface area contributed by atoms with Gasteiger partial charge >= 0.3 is 0 Å². The molecule has 0 aromatic carbocycles. The molecule has 0 aromatic heterocycles. The summed E-state index contributed by atoms with van der Waals surface area (Å²) in [5.74, 6) is 2.60. The monoisotopic (exact) mass is 290 g/mol. The van der Waals surface area contributed by atoms with Crippen molar-refractivity contribution in [2.75, 3.05) is 7.11 Å². The van der Waals surface area contributed by atoms with E-state index in [2.05, 4.69) is 51.9 Å². The zero-order valence-corrected chi connectivity index (χ0v) is 14.7. The van der Waals surface area contributed by atoms with Crippen molar-refractivity contribution >= 4 is 0 Å². The van der Waals surface area contributed by atoms with E-state index < -0.39 is 5.79 Å². The predicted molar refractivity (Wildman–Crippen MR) is 88.6 cm³/mol. The van der Waals surface area contributed by atoms with Gasteiger partial charge in [-0.1, -0.05) is 37.5 Å². The smallest absolute Gasteiger partial charge is 0.214 e. The third-order valence-corrected chi connectivity index (χ3v) is 4.17. The Morgan fingerprint density at radius 2 is 2.00 bits per heavy atom. The number of hydrogen-bond acceptors (Lipinski definition) is 2. The molecule has 1 aliphatic carbocycles. The van der Waals surface area contributed by atoms with Crippen LogP contribution in [0, 0.1) is 23.4 Å². The SMILES string of the molecule is COC(C)(C)OC#CC(C)C=CC1=C(C)CCCC1(C)C. The molecule has 0 heterocycles. The van der Waals surface area contributed by atoms with E-state index >= 15 is 0 Å². The third kappa shape index (κ3) is 5.59. The molecule has 1 rings (SSSR count). The van der Waals surface area contributed by atoms with Crippen molar-refractivity contribution in [1.29, 1.82) is 0 Å². The van der Waals surface area contributed by atoms with Gasteiger partial charge in [0.2, 0.25) is 5.79 Å². The van der Waals surface area contributed by atoms with Crippen LogP contribution in [-0.2, 0) is 9.47 Å². The van der Waals surface area contributed by atoms with Crippen LogP contribution >= 0.6 is 0 Å². The van der Waals surface area contributed by atoms with Crippen LogP contribution in [0.1, 0.15) is 60.8 Å². The fourth-order valence-corrected chi connectivity index (χ4v) is 2.59. The summed E-state index contributed by atoms with van der Waals surface area (Å²) in [6.45, 7) is 12.7. The molecule has 0 spiro atoms. The van der Waals surface area contributed by atoms with E-state index in [4.69, 9.17) is 9.47 Å². The van der Waals surface area contributed by atoms with Crippen LogP contribution in [-0.4, -0.2) is 12.9 Å². The maximum atomic E-state index is 5.37. The molecule has 1 unspecified atom stereocenters. The van der Waals surface area contributed by atoms with Crippen molar-refractivity contribution in [3.05, 3.63) is 23.3 Å². The first-order valence-corrected chi connectivity index (χ1v) is 7.80. The van der Waals surface area contributed by atoms with Gasteiger partial charge in [0.05, 0.1) is 0 Å². The van der Waals surface area contributed by atoms with E-state index in [-0.39, 0.29) is 11.3 Å². The molecule has 2 heteroatoms. The summed E-state index contributed by atoms with van der Waals surface area (Å²) >= 11 is 0. The Morgan fingerprint density at radius 1 is 1.33 bits per heavy atom. The molecule has 0 aromatic rings. The Hall–Kier alpha value is -1.20. The Morgan fingerprint density at radius 3 is 2.57 bits per heavy atom. The highest BCUT2D eigenvalue weighted by atomic mass is 16.7. The fourth-order valence-electron chi connectivity index (χ4n) is 2.59. The maximum Gasteiger partial charge on any atom is 0.214 e. The fraction of sp³-hybridized carbons (Fsp3) is 0.684. The molecule has 0 saturated heterocycles. The second-order valence-corrected chi connectivity index (χ2v) is 7.03. The van der Waals surface area contributed by atoms with Crippen molar-refractivity contribution < 1.29 is 9.47 Å². The first kappa shape index (κ1) is 17.9. The number of rotatable bonds is 4. The minimum atomic E-state index is -0.652. The van der Waals surface area contributed by atoms with Crippen molar-refractivity contribution in [1.82, 2.24) is 0 Å². The van der Waals surface area contributed by atoms with Gasteiger partial charge in [0.1, 0.15) is 6.11 Å². The molecule has 0 bridgehead atoms. The normalized spacial score (nSPS) is 20.1. The summed E-state index contributed by atoms with van der Waals surface area (Å²) in [6.07, 6.45) is 11.0. The number of allylic oxidation sites excluding steroid dienone is 4. The third-order valence-electron chi connectivity index (χ3n) is 4.17. The molecular formula is C19H30O2. The standard InChI is InChI=1S/C19H30O2/c1-15(12-14-21-19(5,6)20-7)10-11-17-16(2)9-8-13-18(17,3)4/h10-11,15H,8-9,13H2,1-7H3. The second kappa shape index (κ2) is 7.18. The van der Waals surface area contributed by atoms with E-state index in [1.54, 1.807) is 7.11 Å². The van der Waals surface area contributed by atoms with Crippen molar-refractivity contribution in [2.24, 2.45) is 11.3 Å². The topological polar surface area (TPSA) is 18.5 Å². The van der Waals surface area contributed by atoms with Gasteiger partial charge in [-0.05, 0) is 44.1 Å². The molecule has 0 fully saturated rings. The Bertz CT molecular complexity index is 470. The zero-order valence-electron chi connectivity index (χ0n) is 14.7. The van der Waals surface area contributed by atoms with Crippen LogP contribution in [0.15, 0.2) is 23.3 Å². The molecule has 0 saturated carbocycles. The summed E-state index contributed by atoms with van der Waals surface area (Å²) < 4.78 is 10.5. The van der Waals surface area contributed by atoms with Crippen LogP contribution in [0.5, 0.6) is 0 Å². The number of methoxy groups -OCH3 is 1. The Kier molecular flexibility index (Phi) is 6.10. The molecule has 118 valence electrons. The molecular weight excluding hydrogens is 260 g/mol. The first-order valence-electron chi connectivity index (χ1n) is 7.80. The van der Waals surface area contributed by atoms with Gasteiger partial charge in [-0.2, -0.15) is 0 Å². The lowest BCUT2D eigenvalue weighted by molar-refractivity contribution is -0.153. The van der Waals surface area contributed by atoms with Gasteiger partial charge < -0.3 is 9.47 Å². The van der Waals surface area contributed by atoms with Gasteiger partial charge in [0.25, 0.3) is 0 Å². The first-order chi connectivity index (χ1) is 9.68. The highest BCUT2D eigenvalue weighted by molar-refractivity contribution is 5.33. The summed E-state index contributed by atoms with van der Waals surface area (Å²) in [7, 11) is 1.62. The van der Waals surface area contributed by atoms with Crippen molar-refractivity contribution in [3.63, 3.8) is 0 Å². The molecule has 0 N–H and O–H groups in total. The molecule has 1 atom stereocenters. The van der Waals surface area contributed by atoms with E-state index in [1.165, 1.54) is 30.4 Å². The molecule has 0 aliphatic heterocycles. The number of hydrogen-bond donors (Lipinski definition) is 0. The van der Waals surface area contributed by atoms with Crippen LogP contribution in [0.3, 0.4) is 0 Å². The average Bonchev–Trinajstić information content (AvgIpc) is 2.37.